The van der Waals surface area contributed by atoms with Crippen LogP contribution in [0, 0.1) is 11.3 Å². The first-order valence-corrected chi connectivity index (χ1v) is 9.43. The van der Waals surface area contributed by atoms with Crippen LogP contribution in [0.5, 0.6) is 0 Å². The molecule has 2 heterocycles. The number of anilines is 2. The van der Waals surface area contributed by atoms with Crippen molar-refractivity contribution < 1.29 is 8.42 Å². The molecule has 0 aromatic carbocycles. The first-order valence-electron chi connectivity index (χ1n) is 6.72. The van der Waals surface area contributed by atoms with Crippen LogP contribution in [0.2, 0.25) is 0 Å². The lowest BCUT2D eigenvalue weighted by Crippen LogP contribution is -2.27. The van der Waals surface area contributed by atoms with E-state index in [1.54, 1.807) is 0 Å². The maximum Gasteiger partial charge on any atom is 0.180 e. The van der Waals surface area contributed by atoms with Gasteiger partial charge in [-0.2, -0.15) is 5.26 Å². The molecule has 2 rings (SSSR count). The van der Waals surface area contributed by atoms with Gasteiger partial charge in [0.2, 0.25) is 0 Å². The fourth-order valence-corrected chi connectivity index (χ4v) is 5.07. The van der Waals surface area contributed by atoms with Gasteiger partial charge in [-0.15, -0.1) is 11.3 Å². The second-order valence-corrected chi connectivity index (χ2v) is 8.07. The highest BCUT2D eigenvalue weighted by Crippen LogP contribution is 2.41. The number of nitrogens with zero attached hydrogens (tertiary/aromatic N) is 2. The van der Waals surface area contributed by atoms with Crippen molar-refractivity contribution in [1.82, 2.24) is 0 Å². The van der Waals surface area contributed by atoms with E-state index in [0.717, 1.165) is 45.0 Å². The molecule has 0 saturated carbocycles. The minimum atomic E-state index is -3.43. The molecule has 0 unspecified atom stereocenters. The summed E-state index contributed by atoms with van der Waals surface area (Å²) in [6.45, 7) is 1.65. The molecule has 2 N–H and O–H groups in total. The van der Waals surface area contributed by atoms with Crippen LogP contribution in [-0.4, -0.2) is 27.8 Å². The molecule has 1 aliphatic rings. The number of nitrogens with two attached hydrogens (primary N) is 1. The number of sulfone groups is 1. The number of rotatable bonds is 2. The van der Waals surface area contributed by atoms with E-state index in [1.807, 2.05) is 6.07 Å². The number of hydrogen-bond donors (Lipinski definition) is 1. The Kier molecular flexibility index (Phi) is 4.55. The molecule has 110 valence electrons. The minimum absolute atomic E-state index is 0.108. The van der Waals surface area contributed by atoms with Crippen LogP contribution in [0.4, 0.5) is 10.7 Å². The summed E-state index contributed by atoms with van der Waals surface area (Å²) in [5.41, 5.74) is 5.97. The molecule has 0 atom stereocenters. The highest BCUT2D eigenvalue weighted by Gasteiger charge is 2.27. The Bertz CT molecular complexity index is 621. The zero-order valence-electron chi connectivity index (χ0n) is 11.6. The average molecular weight is 313 g/mol. The molecular formula is C13H19N3O2S2. The topological polar surface area (TPSA) is 87.2 Å². The summed E-state index contributed by atoms with van der Waals surface area (Å²) < 4.78 is 24.0. The third-order valence-electron chi connectivity index (χ3n) is 3.50. The summed E-state index contributed by atoms with van der Waals surface area (Å²) in [5.74, 6) is 0. The number of hydrogen-bond acceptors (Lipinski definition) is 6. The Balaban J connectivity index is 2.47. The smallest absolute Gasteiger partial charge is 0.180 e. The molecule has 1 saturated heterocycles. The van der Waals surface area contributed by atoms with Gasteiger partial charge >= 0.3 is 0 Å². The highest BCUT2D eigenvalue weighted by atomic mass is 32.2. The SMILES string of the molecule is CS(=O)(=O)c1c(N2CCCCCCC2)sc(C#N)c1N. The van der Waals surface area contributed by atoms with Crippen molar-refractivity contribution >= 4 is 31.9 Å². The Morgan fingerprint density at radius 1 is 1.20 bits per heavy atom. The van der Waals surface area contributed by atoms with Crippen molar-refractivity contribution in [3.05, 3.63) is 4.88 Å². The second kappa shape index (κ2) is 6.02. The van der Waals surface area contributed by atoms with Crippen LogP contribution in [0.15, 0.2) is 4.90 Å². The van der Waals surface area contributed by atoms with Crippen molar-refractivity contribution in [2.45, 2.75) is 37.0 Å². The zero-order valence-corrected chi connectivity index (χ0v) is 13.2. The van der Waals surface area contributed by atoms with Gasteiger partial charge in [0.25, 0.3) is 0 Å². The Morgan fingerprint density at radius 2 is 1.75 bits per heavy atom. The van der Waals surface area contributed by atoms with E-state index < -0.39 is 9.84 Å². The minimum Gasteiger partial charge on any atom is -0.396 e. The molecule has 1 aliphatic heterocycles. The van der Waals surface area contributed by atoms with E-state index >= 15 is 0 Å². The maximum atomic E-state index is 12.0. The van der Waals surface area contributed by atoms with Gasteiger partial charge in [0, 0.05) is 19.3 Å². The van der Waals surface area contributed by atoms with E-state index in [0.29, 0.717) is 9.88 Å². The van der Waals surface area contributed by atoms with Crippen molar-refractivity contribution in [2.24, 2.45) is 0 Å². The third-order valence-corrected chi connectivity index (χ3v) is 5.95. The van der Waals surface area contributed by atoms with Gasteiger partial charge in [-0.05, 0) is 12.8 Å². The van der Waals surface area contributed by atoms with Crippen molar-refractivity contribution in [3.63, 3.8) is 0 Å². The third kappa shape index (κ3) is 3.07. The number of thiophene rings is 1. The molecule has 0 amide bonds. The summed E-state index contributed by atoms with van der Waals surface area (Å²) in [7, 11) is -3.43. The first kappa shape index (κ1) is 15.1. The normalized spacial score (nSPS) is 17.3. The molecule has 0 bridgehead atoms. The van der Waals surface area contributed by atoms with E-state index in [2.05, 4.69) is 4.90 Å². The van der Waals surface area contributed by atoms with Crippen molar-refractivity contribution in [3.8, 4) is 6.07 Å². The maximum absolute atomic E-state index is 12.0. The monoisotopic (exact) mass is 313 g/mol. The lowest BCUT2D eigenvalue weighted by Gasteiger charge is -2.26. The molecule has 1 aromatic rings. The van der Waals surface area contributed by atoms with Crippen LogP contribution < -0.4 is 10.6 Å². The van der Waals surface area contributed by atoms with Crippen LogP contribution in [0.1, 0.15) is 37.0 Å². The Labute approximate surface area is 123 Å². The standard InChI is InChI=1S/C13H19N3O2S2/c1-20(17,18)12-11(15)10(9-14)19-13(12)16-7-5-3-2-4-6-8-16/h2-8,15H2,1H3. The van der Waals surface area contributed by atoms with E-state index in [1.165, 1.54) is 17.8 Å². The molecular weight excluding hydrogens is 294 g/mol. The van der Waals surface area contributed by atoms with Crippen molar-refractivity contribution in [1.29, 1.82) is 5.26 Å². The second-order valence-electron chi connectivity index (χ2n) is 5.12. The summed E-state index contributed by atoms with van der Waals surface area (Å²) >= 11 is 1.20. The fourth-order valence-electron chi connectivity index (χ4n) is 2.52. The highest BCUT2D eigenvalue weighted by molar-refractivity contribution is 7.91. The van der Waals surface area contributed by atoms with Gasteiger partial charge in [-0.25, -0.2) is 8.42 Å². The number of nitriles is 1. The van der Waals surface area contributed by atoms with Gasteiger partial charge in [-0.1, -0.05) is 19.3 Å². The largest absolute Gasteiger partial charge is 0.396 e. The molecule has 5 nitrogen and oxygen atoms in total. The van der Waals surface area contributed by atoms with Gasteiger partial charge in [-0.3, -0.25) is 0 Å². The van der Waals surface area contributed by atoms with E-state index in [4.69, 9.17) is 11.0 Å². The van der Waals surface area contributed by atoms with Crippen LogP contribution in [-0.2, 0) is 9.84 Å². The van der Waals surface area contributed by atoms with Gasteiger partial charge < -0.3 is 10.6 Å². The van der Waals surface area contributed by atoms with Gasteiger partial charge in [0.05, 0.1) is 5.69 Å². The molecule has 20 heavy (non-hydrogen) atoms. The van der Waals surface area contributed by atoms with Crippen molar-refractivity contribution in [2.75, 3.05) is 30.0 Å². The quantitative estimate of drug-likeness (QED) is 0.905. The summed E-state index contributed by atoms with van der Waals surface area (Å²) in [4.78, 5) is 2.51. The molecule has 1 fully saturated rings. The summed E-state index contributed by atoms with van der Waals surface area (Å²) in [6, 6.07) is 2.00. The summed E-state index contributed by atoms with van der Waals surface area (Å²) in [6.07, 6.45) is 6.81. The number of nitrogen functional groups attached to an aromatic ring is 1. The molecule has 0 radical (unpaired) electrons. The Morgan fingerprint density at radius 3 is 2.25 bits per heavy atom. The average Bonchev–Trinajstić information content (AvgIpc) is 2.65. The predicted molar refractivity (Wildman–Crippen MR) is 81.9 cm³/mol. The molecule has 7 heteroatoms. The zero-order chi connectivity index (χ0) is 14.8. The van der Waals surface area contributed by atoms with Crippen LogP contribution >= 0.6 is 11.3 Å². The molecule has 0 spiro atoms. The summed E-state index contributed by atoms with van der Waals surface area (Å²) in [5, 5.41) is 9.73. The van der Waals surface area contributed by atoms with Gasteiger partial charge in [0.1, 0.15) is 20.8 Å². The molecule has 1 aromatic heterocycles. The lowest BCUT2D eigenvalue weighted by atomic mass is 10.1. The van der Waals surface area contributed by atoms with E-state index in [-0.39, 0.29) is 10.6 Å². The fraction of sp³-hybridized carbons (Fsp3) is 0.615. The lowest BCUT2D eigenvalue weighted by molar-refractivity contribution is 0.556. The molecule has 0 aliphatic carbocycles. The Hall–Kier alpha value is -1.26. The van der Waals surface area contributed by atoms with Crippen LogP contribution in [0.3, 0.4) is 0 Å². The van der Waals surface area contributed by atoms with Gasteiger partial charge in [0.15, 0.2) is 9.84 Å². The van der Waals surface area contributed by atoms with E-state index in [9.17, 15) is 8.42 Å². The predicted octanol–water partition coefficient (Wildman–Crippen LogP) is 2.38. The van der Waals surface area contributed by atoms with Crippen LogP contribution in [0.25, 0.3) is 0 Å². The first-order chi connectivity index (χ1) is 9.45.